The summed E-state index contributed by atoms with van der Waals surface area (Å²) in [5, 5.41) is 16.0. The van der Waals surface area contributed by atoms with E-state index < -0.39 is 0 Å². The lowest BCUT2D eigenvalue weighted by Crippen LogP contribution is -2.44. The molecule has 1 aliphatic rings. The van der Waals surface area contributed by atoms with Crippen LogP contribution in [-0.2, 0) is 24.8 Å². The quantitative estimate of drug-likeness (QED) is 0.360. The maximum atomic E-state index is 13.6. The number of ether oxygens (including phenoxy) is 1. The van der Waals surface area contributed by atoms with Crippen LogP contribution in [0.5, 0.6) is 0 Å². The molecule has 0 radical (unpaired) electrons. The first-order valence-electron chi connectivity index (χ1n) is 11.0. The normalized spacial score (nSPS) is 15.4. The Morgan fingerprint density at radius 3 is 2.81 bits per heavy atom. The molecular formula is C22H31FN8O. The van der Waals surface area contributed by atoms with E-state index in [9.17, 15) is 4.39 Å². The fraction of sp³-hybridized carbons (Fsp3) is 0.500. The van der Waals surface area contributed by atoms with Crippen molar-refractivity contribution in [1.82, 2.24) is 35.3 Å². The number of nitrogens with zero attached hydrogens (tertiary/aromatic N) is 5. The summed E-state index contributed by atoms with van der Waals surface area (Å²) in [6, 6.07) is 4.82. The number of hydrogen-bond donors (Lipinski definition) is 3. The summed E-state index contributed by atoms with van der Waals surface area (Å²) < 4.78 is 21.0. The highest BCUT2D eigenvalue weighted by Gasteiger charge is 2.11. The van der Waals surface area contributed by atoms with Gasteiger partial charge in [0.2, 0.25) is 0 Å². The minimum absolute atomic E-state index is 0.225. The molecule has 9 nitrogen and oxygen atoms in total. The van der Waals surface area contributed by atoms with E-state index in [4.69, 9.17) is 9.73 Å². The summed E-state index contributed by atoms with van der Waals surface area (Å²) in [7, 11) is 1.94. The highest BCUT2D eigenvalue weighted by Crippen LogP contribution is 2.19. The van der Waals surface area contributed by atoms with Crippen molar-refractivity contribution in [1.29, 1.82) is 0 Å². The topological polar surface area (TPSA) is 95.4 Å². The SMILES string of the molecule is Cc1nnc(CN=C(NCCc2c[nH]c3ccc(F)cc23)NCCN2CCOCC2)n1C. The highest BCUT2D eigenvalue weighted by atomic mass is 19.1. The van der Waals surface area contributed by atoms with E-state index in [0.29, 0.717) is 13.1 Å². The second-order valence-corrected chi connectivity index (χ2v) is 7.95. The Morgan fingerprint density at radius 2 is 2.03 bits per heavy atom. The first kappa shape index (κ1) is 22.2. The summed E-state index contributed by atoms with van der Waals surface area (Å²) in [5.74, 6) is 2.17. The zero-order valence-corrected chi connectivity index (χ0v) is 18.7. The Labute approximate surface area is 187 Å². The van der Waals surface area contributed by atoms with Crippen LogP contribution in [0.25, 0.3) is 10.9 Å². The zero-order chi connectivity index (χ0) is 22.3. The molecule has 4 rings (SSSR count). The number of halogens is 1. The molecule has 3 heterocycles. The van der Waals surface area contributed by atoms with E-state index in [1.54, 1.807) is 12.1 Å². The number of aromatic amines is 1. The summed E-state index contributed by atoms with van der Waals surface area (Å²) in [6.45, 7) is 8.22. The summed E-state index contributed by atoms with van der Waals surface area (Å²) in [4.78, 5) is 10.3. The van der Waals surface area contributed by atoms with Crippen LogP contribution in [-0.4, -0.2) is 76.5 Å². The van der Waals surface area contributed by atoms with Crippen LogP contribution >= 0.6 is 0 Å². The van der Waals surface area contributed by atoms with Crippen LogP contribution in [0.3, 0.4) is 0 Å². The maximum absolute atomic E-state index is 13.6. The van der Waals surface area contributed by atoms with Crippen molar-refractivity contribution in [3.8, 4) is 0 Å². The van der Waals surface area contributed by atoms with Gasteiger partial charge in [0.25, 0.3) is 0 Å². The maximum Gasteiger partial charge on any atom is 0.191 e. The van der Waals surface area contributed by atoms with Gasteiger partial charge in [-0.1, -0.05) is 0 Å². The third-order valence-electron chi connectivity index (χ3n) is 5.80. The van der Waals surface area contributed by atoms with Gasteiger partial charge in [0.05, 0.1) is 13.2 Å². The number of aliphatic imine (C=N–C) groups is 1. The minimum atomic E-state index is -0.225. The van der Waals surface area contributed by atoms with Crippen LogP contribution in [0.15, 0.2) is 29.4 Å². The lowest BCUT2D eigenvalue weighted by Gasteiger charge is -2.26. The number of aromatic nitrogens is 4. The second-order valence-electron chi connectivity index (χ2n) is 7.95. The number of aryl methyl sites for hydroxylation is 1. The molecule has 0 amide bonds. The fourth-order valence-electron chi connectivity index (χ4n) is 3.74. The van der Waals surface area contributed by atoms with Crippen molar-refractivity contribution >= 4 is 16.9 Å². The molecule has 32 heavy (non-hydrogen) atoms. The molecule has 0 saturated carbocycles. The van der Waals surface area contributed by atoms with Crippen molar-refractivity contribution in [2.24, 2.45) is 12.0 Å². The predicted molar refractivity (Wildman–Crippen MR) is 122 cm³/mol. The van der Waals surface area contributed by atoms with Gasteiger partial charge in [-0.25, -0.2) is 9.38 Å². The molecule has 0 bridgehead atoms. The van der Waals surface area contributed by atoms with Crippen LogP contribution in [0.2, 0.25) is 0 Å². The molecule has 0 atom stereocenters. The number of fused-ring (bicyclic) bond motifs is 1. The Bertz CT molecular complexity index is 1050. The fourth-order valence-corrected chi connectivity index (χ4v) is 3.74. The standard InChI is InChI=1S/C22H31FN8O/c1-16-28-29-21(30(16)2)15-27-22(25-7-8-31-9-11-32-12-10-31)24-6-5-17-14-26-20-4-3-18(23)13-19(17)20/h3-4,13-14,26H,5-12,15H2,1-2H3,(H2,24,25,27). The van der Waals surface area contributed by atoms with Crippen molar-refractivity contribution in [3.63, 3.8) is 0 Å². The van der Waals surface area contributed by atoms with Gasteiger partial charge in [0.15, 0.2) is 11.8 Å². The molecule has 1 saturated heterocycles. The molecule has 172 valence electrons. The van der Waals surface area contributed by atoms with Gasteiger partial charge in [-0.15, -0.1) is 10.2 Å². The number of morpholine rings is 1. The predicted octanol–water partition coefficient (Wildman–Crippen LogP) is 1.35. The second kappa shape index (κ2) is 10.6. The van der Waals surface area contributed by atoms with Crippen molar-refractivity contribution in [2.75, 3.05) is 45.9 Å². The molecule has 2 aromatic heterocycles. The first-order chi connectivity index (χ1) is 15.6. The van der Waals surface area contributed by atoms with Crippen molar-refractivity contribution in [2.45, 2.75) is 19.9 Å². The average molecular weight is 443 g/mol. The molecule has 10 heteroatoms. The lowest BCUT2D eigenvalue weighted by atomic mass is 10.1. The molecule has 1 aliphatic heterocycles. The Kier molecular flexibility index (Phi) is 7.33. The number of nitrogens with one attached hydrogen (secondary N) is 3. The van der Waals surface area contributed by atoms with Gasteiger partial charge in [-0.05, 0) is 37.1 Å². The molecule has 0 aliphatic carbocycles. The van der Waals surface area contributed by atoms with Gasteiger partial charge in [-0.2, -0.15) is 0 Å². The molecule has 0 unspecified atom stereocenters. The van der Waals surface area contributed by atoms with Crippen LogP contribution < -0.4 is 10.6 Å². The van der Waals surface area contributed by atoms with E-state index in [1.807, 2.05) is 24.7 Å². The monoisotopic (exact) mass is 442 g/mol. The summed E-state index contributed by atoms with van der Waals surface area (Å²) >= 11 is 0. The van der Waals surface area contributed by atoms with E-state index in [2.05, 4.69) is 30.7 Å². The van der Waals surface area contributed by atoms with Crippen molar-refractivity contribution < 1.29 is 9.13 Å². The first-order valence-corrected chi connectivity index (χ1v) is 11.0. The molecule has 3 N–H and O–H groups in total. The van der Waals surface area contributed by atoms with Gasteiger partial charge >= 0.3 is 0 Å². The van der Waals surface area contributed by atoms with E-state index >= 15 is 0 Å². The third kappa shape index (κ3) is 5.63. The van der Waals surface area contributed by atoms with Crippen LogP contribution in [0.1, 0.15) is 17.2 Å². The van der Waals surface area contributed by atoms with E-state index in [1.165, 1.54) is 6.07 Å². The smallest absolute Gasteiger partial charge is 0.191 e. The highest BCUT2D eigenvalue weighted by molar-refractivity contribution is 5.83. The number of H-pyrrole nitrogens is 1. The number of rotatable bonds is 8. The van der Waals surface area contributed by atoms with Crippen LogP contribution in [0, 0.1) is 12.7 Å². The lowest BCUT2D eigenvalue weighted by molar-refractivity contribution is 0.0389. The zero-order valence-electron chi connectivity index (χ0n) is 18.7. The summed E-state index contributed by atoms with van der Waals surface area (Å²) in [5.41, 5.74) is 2.01. The van der Waals surface area contributed by atoms with Crippen LogP contribution in [0.4, 0.5) is 4.39 Å². The van der Waals surface area contributed by atoms with Gasteiger partial charge in [0, 0.05) is 56.9 Å². The Balaban J connectivity index is 1.36. The number of benzene rings is 1. The number of hydrogen-bond acceptors (Lipinski definition) is 5. The molecule has 1 aromatic carbocycles. The molecular weight excluding hydrogens is 411 g/mol. The summed E-state index contributed by atoms with van der Waals surface area (Å²) in [6.07, 6.45) is 2.69. The van der Waals surface area contributed by atoms with E-state index in [-0.39, 0.29) is 5.82 Å². The third-order valence-corrected chi connectivity index (χ3v) is 5.80. The Morgan fingerprint density at radius 1 is 1.22 bits per heavy atom. The van der Waals surface area contributed by atoms with E-state index in [0.717, 1.165) is 79.9 Å². The largest absolute Gasteiger partial charge is 0.379 e. The molecule has 0 spiro atoms. The van der Waals surface area contributed by atoms with Gasteiger partial charge in [-0.3, -0.25) is 4.90 Å². The van der Waals surface area contributed by atoms with Gasteiger partial charge < -0.3 is 24.9 Å². The van der Waals surface area contributed by atoms with Gasteiger partial charge in [0.1, 0.15) is 18.2 Å². The average Bonchev–Trinajstić information content (AvgIpc) is 3.35. The minimum Gasteiger partial charge on any atom is -0.379 e. The molecule has 1 fully saturated rings. The number of guanidine groups is 1. The molecule has 3 aromatic rings. The Hall–Kier alpha value is -2.98. The van der Waals surface area contributed by atoms with Crippen molar-refractivity contribution in [3.05, 3.63) is 47.4 Å².